The van der Waals surface area contributed by atoms with Crippen molar-refractivity contribution >= 4 is 27.5 Å². The largest absolute Gasteiger partial charge is 0.308 e. The van der Waals surface area contributed by atoms with Crippen LogP contribution in [-0.2, 0) is 0 Å². The summed E-state index contributed by atoms with van der Waals surface area (Å²) in [6.45, 7) is 6.26. The maximum atomic E-state index is 6.48. The molecule has 0 radical (unpaired) electrons. The summed E-state index contributed by atoms with van der Waals surface area (Å²) < 4.78 is 3.01. The molecule has 1 unspecified atom stereocenters. The molecule has 0 aliphatic carbocycles. The van der Waals surface area contributed by atoms with Crippen LogP contribution in [0.4, 0.5) is 0 Å². The first-order valence-corrected chi connectivity index (χ1v) is 7.79. The van der Waals surface area contributed by atoms with Gasteiger partial charge in [-0.05, 0) is 54.9 Å². The lowest BCUT2D eigenvalue weighted by Gasteiger charge is -2.22. The van der Waals surface area contributed by atoms with E-state index < -0.39 is 0 Å². The zero-order valence-corrected chi connectivity index (χ0v) is 14.5. The summed E-state index contributed by atoms with van der Waals surface area (Å²) >= 11 is 10.1. The molecule has 0 spiro atoms. The van der Waals surface area contributed by atoms with Crippen LogP contribution in [0.25, 0.3) is 0 Å². The monoisotopic (exact) mass is 355 g/mol. The van der Waals surface area contributed by atoms with Crippen molar-refractivity contribution in [3.8, 4) is 0 Å². The van der Waals surface area contributed by atoms with Crippen LogP contribution in [0.15, 0.2) is 28.9 Å². The van der Waals surface area contributed by atoms with E-state index in [1.807, 2.05) is 37.0 Å². The third kappa shape index (κ3) is 2.78. The summed E-state index contributed by atoms with van der Waals surface area (Å²) in [5, 5.41) is 8.60. The Morgan fingerprint density at radius 3 is 2.65 bits per heavy atom. The van der Waals surface area contributed by atoms with Crippen LogP contribution >= 0.6 is 27.5 Å². The second-order valence-corrected chi connectivity index (χ2v) is 6.35. The van der Waals surface area contributed by atoms with Gasteiger partial charge in [0.2, 0.25) is 0 Å². The first kappa shape index (κ1) is 15.5. The predicted octanol–water partition coefficient (Wildman–Crippen LogP) is 4.50. The van der Waals surface area contributed by atoms with Crippen molar-refractivity contribution in [3.05, 3.63) is 50.7 Å². The standard InChI is InChI=1S/C15H19BrClN3/c1-9(2)20-15(12(16)8-19-20)14(18-4)11-7-5-6-10(3)13(11)17/h5-9,14,18H,1-4H3. The van der Waals surface area contributed by atoms with E-state index in [2.05, 4.69) is 46.3 Å². The fourth-order valence-electron chi connectivity index (χ4n) is 2.36. The van der Waals surface area contributed by atoms with Gasteiger partial charge in [-0.25, -0.2) is 0 Å². The van der Waals surface area contributed by atoms with Gasteiger partial charge in [-0.15, -0.1) is 0 Å². The highest BCUT2D eigenvalue weighted by Crippen LogP contribution is 2.34. The molecular weight excluding hydrogens is 338 g/mol. The van der Waals surface area contributed by atoms with Crippen molar-refractivity contribution in [2.75, 3.05) is 7.05 Å². The molecule has 3 nitrogen and oxygen atoms in total. The minimum atomic E-state index is 0.00155. The third-order valence-corrected chi connectivity index (χ3v) is 4.50. The second kappa shape index (κ2) is 6.29. The highest BCUT2D eigenvalue weighted by atomic mass is 79.9. The van der Waals surface area contributed by atoms with Crippen LogP contribution in [0.5, 0.6) is 0 Å². The number of hydrogen-bond acceptors (Lipinski definition) is 2. The third-order valence-electron chi connectivity index (χ3n) is 3.37. The van der Waals surface area contributed by atoms with Gasteiger partial charge in [0.25, 0.3) is 0 Å². The van der Waals surface area contributed by atoms with Crippen molar-refractivity contribution in [1.82, 2.24) is 15.1 Å². The fourth-order valence-corrected chi connectivity index (χ4v) is 3.10. The van der Waals surface area contributed by atoms with Gasteiger partial charge in [-0.2, -0.15) is 5.10 Å². The number of aryl methyl sites for hydroxylation is 1. The van der Waals surface area contributed by atoms with E-state index in [0.29, 0.717) is 0 Å². The van der Waals surface area contributed by atoms with E-state index in [-0.39, 0.29) is 12.1 Å². The topological polar surface area (TPSA) is 29.9 Å². The summed E-state index contributed by atoms with van der Waals surface area (Å²) in [4.78, 5) is 0. The average Bonchev–Trinajstić information content (AvgIpc) is 2.78. The minimum absolute atomic E-state index is 0.00155. The molecule has 2 rings (SSSR count). The predicted molar refractivity (Wildman–Crippen MR) is 87.4 cm³/mol. The molecule has 0 fully saturated rings. The molecule has 1 heterocycles. The molecule has 0 saturated heterocycles. The zero-order valence-electron chi connectivity index (χ0n) is 12.1. The Hall–Kier alpha value is -0.840. The van der Waals surface area contributed by atoms with Crippen LogP contribution in [0.3, 0.4) is 0 Å². The molecule has 5 heteroatoms. The molecule has 1 aromatic heterocycles. The molecule has 1 N–H and O–H groups in total. The Balaban J connectivity index is 2.58. The van der Waals surface area contributed by atoms with Crippen LogP contribution in [-0.4, -0.2) is 16.8 Å². The summed E-state index contributed by atoms with van der Waals surface area (Å²) in [5.74, 6) is 0. The number of hydrogen-bond donors (Lipinski definition) is 1. The highest BCUT2D eigenvalue weighted by molar-refractivity contribution is 9.10. The quantitative estimate of drug-likeness (QED) is 0.874. The molecule has 0 saturated carbocycles. The lowest BCUT2D eigenvalue weighted by atomic mass is 10.0. The van der Waals surface area contributed by atoms with Crippen LogP contribution < -0.4 is 5.32 Å². The molecular formula is C15H19BrClN3. The van der Waals surface area contributed by atoms with Gasteiger partial charge in [0.15, 0.2) is 0 Å². The molecule has 108 valence electrons. The van der Waals surface area contributed by atoms with E-state index in [4.69, 9.17) is 11.6 Å². The SMILES string of the molecule is CNC(c1cccc(C)c1Cl)c1c(Br)cnn1C(C)C. The highest BCUT2D eigenvalue weighted by Gasteiger charge is 2.23. The number of nitrogens with one attached hydrogen (secondary N) is 1. The van der Waals surface area contributed by atoms with E-state index in [1.54, 1.807) is 0 Å². The maximum absolute atomic E-state index is 6.48. The average molecular weight is 357 g/mol. The second-order valence-electron chi connectivity index (χ2n) is 5.12. The number of rotatable bonds is 4. The smallest absolute Gasteiger partial charge is 0.0772 e. The molecule has 1 atom stereocenters. The fraction of sp³-hybridized carbons (Fsp3) is 0.400. The Labute approximate surface area is 133 Å². The number of nitrogens with zero attached hydrogens (tertiary/aromatic N) is 2. The molecule has 0 amide bonds. The van der Waals surface area contributed by atoms with Crippen LogP contribution in [0, 0.1) is 6.92 Å². The van der Waals surface area contributed by atoms with Crippen LogP contribution in [0.2, 0.25) is 5.02 Å². The minimum Gasteiger partial charge on any atom is -0.308 e. The van der Waals surface area contributed by atoms with Gasteiger partial charge in [0.1, 0.15) is 0 Å². The molecule has 20 heavy (non-hydrogen) atoms. The zero-order chi connectivity index (χ0) is 14.9. The molecule has 0 aliphatic rings. The summed E-state index contributed by atoms with van der Waals surface area (Å²) in [5.41, 5.74) is 3.24. The number of aromatic nitrogens is 2. The Morgan fingerprint density at radius 2 is 2.05 bits per heavy atom. The molecule has 0 aliphatic heterocycles. The van der Waals surface area contributed by atoms with E-state index in [9.17, 15) is 0 Å². The Bertz CT molecular complexity index is 607. The first-order chi connectivity index (χ1) is 9.47. The molecule has 1 aromatic carbocycles. The lowest BCUT2D eigenvalue weighted by Crippen LogP contribution is -2.23. The molecule has 2 aromatic rings. The normalized spacial score (nSPS) is 12.9. The number of benzene rings is 1. The van der Waals surface area contributed by atoms with Gasteiger partial charge in [0.05, 0.1) is 22.4 Å². The Kier molecular flexibility index (Phi) is 4.89. The van der Waals surface area contributed by atoms with Crippen LogP contribution in [0.1, 0.15) is 42.8 Å². The van der Waals surface area contributed by atoms with Gasteiger partial charge < -0.3 is 5.32 Å². The van der Waals surface area contributed by atoms with Crippen molar-refractivity contribution in [1.29, 1.82) is 0 Å². The lowest BCUT2D eigenvalue weighted by molar-refractivity contribution is 0.483. The van der Waals surface area contributed by atoms with Gasteiger partial charge >= 0.3 is 0 Å². The van der Waals surface area contributed by atoms with E-state index in [0.717, 1.165) is 26.3 Å². The van der Waals surface area contributed by atoms with Gasteiger partial charge in [0, 0.05) is 11.1 Å². The van der Waals surface area contributed by atoms with Crippen molar-refractivity contribution < 1.29 is 0 Å². The summed E-state index contributed by atoms with van der Waals surface area (Å²) in [6, 6.07) is 6.40. The summed E-state index contributed by atoms with van der Waals surface area (Å²) in [7, 11) is 1.94. The van der Waals surface area contributed by atoms with Gasteiger partial charge in [-0.1, -0.05) is 29.8 Å². The van der Waals surface area contributed by atoms with Crippen molar-refractivity contribution in [2.24, 2.45) is 0 Å². The maximum Gasteiger partial charge on any atom is 0.0772 e. The van der Waals surface area contributed by atoms with Gasteiger partial charge in [-0.3, -0.25) is 4.68 Å². The molecule has 0 bridgehead atoms. The summed E-state index contributed by atoms with van der Waals surface area (Å²) in [6.07, 6.45) is 1.84. The first-order valence-electron chi connectivity index (χ1n) is 6.62. The Morgan fingerprint density at radius 1 is 1.35 bits per heavy atom. The van der Waals surface area contributed by atoms with Crippen molar-refractivity contribution in [2.45, 2.75) is 32.9 Å². The number of halogens is 2. The van der Waals surface area contributed by atoms with Crippen molar-refractivity contribution in [3.63, 3.8) is 0 Å². The van der Waals surface area contributed by atoms with E-state index >= 15 is 0 Å². The van der Waals surface area contributed by atoms with E-state index in [1.165, 1.54) is 0 Å².